The van der Waals surface area contributed by atoms with Gasteiger partial charge in [0, 0.05) is 23.9 Å². The van der Waals surface area contributed by atoms with Crippen LogP contribution in [0.15, 0.2) is 6.33 Å². The zero-order valence-electron chi connectivity index (χ0n) is 10.1. The van der Waals surface area contributed by atoms with Gasteiger partial charge in [-0.15, -0.1) is 0 Å². The Morgan fingerprint density at radius 3 is 2.94 bits per heavy atom. The fourth-order valence-corrected chi connectivity index (χ4v) is 2.49. The fourth-order valence-electron chi connectivity index (χ4n) is 2.49. The number of hydrogen-bond acceptors (Lipinski definition) is 3. The summed E-state index contributed by atoms with van der Waals surface area (Å²) in [5.41, 5.74) is 9.94. The number of nitrogens with zero attached hydrogens (tertiary/aromatic N) is 2. The molecule has 1 heterocycles. The predicted octanol–water partition coefficient (Wildman–Crippen LogP) is 2.03. The van der Waals surface area contributed by atoms with Crippen LogP contribution in [0, 0.1) is 0 Å². The fraction of sp³-hybridized carbons (Fsp3) is 0.692. The molecule has 88 valence electrons. The average Bonchev–Trinajstić information content (AvgIpc) is 2.30. The second-order valence-electron chi connectivity index (χ2n) is 4.71. The molecule has 2 rings (SSSR count). The van der Waals surface area contributed by atoms with Gasteiger partial charge in [-0.2, -0.15) is 0 Å². The summed E-state index contributed by atoms with van der Waals surface area (Å²) in [5.74, 6) is 0. The molecule has 1 aromatic rings. The Labute approximate surface area is 97.5 Å². The van der Waals surface area contributed by atoms with E-state index in [2.05, 4.69) is 16.9 Å². The molecule has 0 saturated heterocycles. The van der Waals surface area contributed by atoms with Crippen molar-refractivity contribution < 1.29 is 0 Å². The SMILES string of the molecule is CCCC(N)Cc1ncnc2c1CCCC2. The molecular formula is C13H21N3. The molecule has 2 N–H and O–H groups in total. The highest BCUT2D eigenvalue weighted by Crippen LogP contribution is 2.22. The number of aryl methyl sites for hydroxylation is 1. The Bertz CT molecular complexity index is 349. The molecule has 0 radical (unpaired) electrons. The van der Waals surface area contributed by atoms with Gasteiger partial charge in [0.05, 0.1) is 0 Å². The van der Waals surface area contributed by atoms with Crippen LogP contribution in [-0.2, 0) is 19.3 Å². The third-order valence-corrected chi connectivity index (χ3v) is 3.33. The molecule has 0 aromatic carbocycles. The van der Waals surface area contributed by atoms with E-state index >= 15 is 0 Å². The van der Waals surface area contributed by atoms with Crippen LogP contribution < -0.4 is 5.73 Å². The standard InChI is InChI=1S/C13H21N3/c1-2-5-10(14)8-13-11-6-3-4-7-12(11)15-9-16-13/h9-10H,2-8,14H2,1H3. The minimum Gasteiger partial charge on any atom is -0.327 e. The molecule has 1 atom stereocenters. The minimum absolute atomic E-state index is 0.255. The molecule has 3 heteroatoms. The second-order valence-corrected chi connectivity index (χ2v) is 4.71. The van der Waals surface area contributed by atoms with Crippen LogP contribution in [-0.4, -0.2) is 16.0 Å². The lowest BCUT2D eigenvalue weighted by Crippen LogP contribution is -2.24. The number of hydrogen-bond donors (Lipinski definition) is 1. The third-order valence-electron chi connectivity index (χ3n) is 3.33. The Balaban J connectivity index is 2.14. The van der Waals surface area contributed by atoms with Gasteiger partial charge in [-0.1, -0.05) is 13.3 Å². The van der Waals surface area contributed by atoms with E-state index in [4.69, 9.17) is 5.73 Å². The molecule has 0 spiro atoms. The van der Waals surface area contributed by atoms with E-state index in [1.165, 1.54) is 29.8 Å². The molecule has 0 aliphatic heterocycles. The monoisotopic (exact) mass is 219 g/mol. The molecule has 1 aliphatic rings. The third kappa shape index (κ3) is 2.59. The predicted molar refractivity (Wildman–Crippen MR) is 65.3 cm³/mol. The van der Waals surface area contributed by atoms with E-state index in [1.54, 1.807) is 6.33 Å². The van der Waals surface area contributed by atoms with Crippen molar-refractivity contribution in [1.29, 1.82) is 0 Å². The first-order chi connectivity index (χ1) is 7.81. The number of aromatic nitrogens is 2. The lowest BCUT2D eigenvalue weighted by Gasteiger charge is -2.19. The maximum Gasteiger partial charge on any atom is 0.115 e. The van der Waals surface area contributed by atoms with Gasteiger partial charge in [-0.25, -0.2) is 9.97 Å². The van der Waals surface area contributed by atoms with Gasteiger partial charge in [0.15, 0.2) is 0 Å². The van der Waals surface area contributed by atoms with Gasteiger partial charge in [-0.3, -0.25) is 0 Å². The summed E-state index contributed by atoms with van der Waals surface area (Å²) in [4.78, 5) is 8.80. The van der Waals surface area contributed by atoms with Crippen LogP contribution in [0.2, 0.25) is 0 Å². The number of rotatable bonds is 4. The molecule has 1 aromatic heterocycles. The van der Waals surface area contributed by atoms with Crippen LogP contribution in [0.5, 0.6) is 0 Å². The van der Waals surface area contributed by atoms with E-state index < -0.39 is 0 Å². The van der Waals surface area contributed by atoms with Crippen molar-refractivity contribution in [2.45, 2.75) is 57.9 Å². The second kappa shape index (κ2) is 5.39. The van der Waals surface area contributed by atoms with Gasteiger partial charge < -0.3 is 5.73 Å². The maximum atomic E-state index is 6.09. The molecular weight excluding hydrogens is 198 g/mol. The van der Waals surface area contributed by atoms with Crippen molar-refractivity contribution >= 4 is 0 Å². The van der Waals surface area contributed by atoms with Crippen LogP contribution in [0.4, 0.5) is 0 Å². The van der Waals surface area contributed by atoms with Crippen molar-refractivity contribution in [3.8, 4) is 0 Å². The van der Waals surface area contributed by atoms with Gasteiger partial charge in [0.2, 0.25) is 0 Å². The van der Waals surface area contributed by atoms with Crippen molar-refractivity contribution in [1.82, 2.24) is 9.97 Å². The molecule has 16 heavy (non-hydrogen) atoms. The first-order valence-corrected chi connectivity index (χ1v) is 6.38. The molecule has 0 bridgehead atoms. The normalized spacial score (nSPS) is 16.9. The topological polar surface area (TPSA) is 51.8 Å². The molecule has 0 fully saturated rings. The molecule has 1 unspecified atom stereocenters. The summed E-state index contributed by atoms with van der Waals surface area (Å²) >= 11 is 0. The smallest absolute Gasteiger partial charge is 0.115 e. The van der Waals surface area contributed by atoms with E-state index in [1.807, 2.05) is 0 Å². The van der Waals surface area contributed by atoms with Gasteiger partial charge in [-0.05, 0) is 37.7 Å². The zero-order chi connectivity index (χ0) is 11.4. The van der Waals surface area contributed by atoms with Crippen molar-refractivity contribution in [3.05, 3.63) is 23.3 Å². The average molecular weight is 219 g/mol. The van der Waals surface area contributed by atoms with Crippen molar-refractivity contribution in [2.24, 2.45) is 5.73 Å². The Morgan fingerprint density at radius 2 is 2.12 bits per heavy atom. The van der Waals surface area contributed by atoms with Crippen LogP contribution in [0.1, 0.15) is 49.6 Å². The van der Waals surface area contributed by atoms with Crippen molar-refractivity contribution in [3.63, 3.8) is 0 Å². The Kier molecular flexibility index (Phi) is 3.88. The first kappa shape index (κ1) is 11.5. The van der Waals surface area contributed by atoms with Gasteiger partial charge in [0.25, 0.3) is 0 Å². The first-order valence-electron chi connectivity index (χ1n) is 6.38. The quantitative estimate of drug-likeness (QED) is 0.843. The molecule has 0 amide bonds. The highest BCUT2D eigenvalue weighted by molar-refractivity contribution is 5.27. The van der Waals surface area contributed by atoms with E-state index in [9.17, 15) is 0 Å². The lowest BCUT2D eigenvalue weighted by molar-refractivity contribution is 0.578. The number of fused-ring (bicyclic) bond motifs is 1. The van der Waals surface area contributed by atoms with Crippen LogP contribution in [0.3, 0.4) is 0 Å². The zero-order valence-corrected chi connectivity index (χ0v) is 10.1. The van der Waals surface area contributed by atoms with E-state index in [0.717, 1.165) is 32.1 Å². The molecule has 3 nitrogen and oxygen atoms in total. The van der Waals surface area contributed by atoms with E-state index in [0.29, 0.717) is 0 Å². The summed E-state index contributed by atoms with van der Waals surface area (Å²) < 4.78 is 0. The summed E-state index contributed by atoms with van der Waals surface area (Å²) in [7, 11) is 0. The lowest BCUT2D eigenvalue weighted by atomic mass is 9.92. The van der Waals surface area contributed by atoms with Gasteiger partial charge >= 0.3 is 0 Å². The minimum atomic E-state index is 0.255. The molecule has 0 saturated carbocycles. The van der Waals surface area contributed by atoms with Gasteiger partial charge in [0.1, 0.15) is 6.33 Å². The largest absolute Gasteiger partial charge is 0.327 e. The summed E-state index contributed by atoms with van der Waals surface area (Å²) in [5, 5.41) is 0. The van der Waals surface area contributed by atoms with Crippen LogP contribution in [0.25, 0.3) is 0 Å². The molecule has 1 aliphatic carbocycles. The Morgan fingerprint density at radius 1 is 1.31 bits per heavy atom. The maximum absolute atomic E-state index is 6.09. The summed E-state index contributed by atoms with van der Waals surface area (Å²) in [6.07, 6.45) is 9.66. The van der Waals surface area contributed by atoms with Crippen molar-refractivity contribution in [2.75, 3.05) is 0 Å². The highest BCUT2D eigenvalue weighted by atomic mass is 14.9. The summed E-state index contributed by atoms with van der Waals surface area (Å²) in [6, 6.07) is 0.255. The highest BCUT2D eigenvalue weighted by Gasteiger charge is 2.16. The summed E-state index contributed by atoms with van der Waals surface area (Å²) in [6.45, 7) is 2.18. The van der Waals surface area contributed by atoms with Crippen LogP contribution >= 0.6 is 0 Å². The Hall–Kier alpha value is -0.960. The van der Waals surface area contributed by atoms with E-state index in [-0.39, 0.29) is 6.04 Å². The number of nitrogens with two attached hydrogens (primary N) is 1.